The molecule has 5 atom stereocenters. The first-order chi connectivity index (χ1) is 5.34. The first kappa shape index (κ1) is 6.47. The Kier molecular flexibility index (Phi) is 1.18. The molecule has 62 valence electrons. The SMILES string of the molecule is OC1C2CC3CCC1C(C3)C2. The zero-order valence-corrected chi connectivity index (χ0v) is 6.87. The van der Waals surface area contributed by atoms with Crippen molar-refractivity contribution in [2.75, 3.05) is 0 Å². The molecule has 3 aliphatic rings. The van der Waals surface area contributed by atoms with Crippen LogP contribution in [-0.2, 0) is 0 Å². The third-order valence-electron chi connectivity index (χ3n) is 4.31. The molecular formula is C10H16O. The third-order valence-corrected chi connectivity index (χ3v) is 4.31. The largest absolute Gasteiger partial charge is 0.393 e. The van der Waals surface area contributed by atoms with Crippen LogP contribution < -0.4 is 0 Å². The van der Waals surface area contributed by atoms with Crippen LogP contribution in [0, 0.1) is 23.7 Å². The second-order valence-corrected chi connectivity index (χ2v) is 4.83. The molecular weight excluding hydrogens is 136 g/mol. The predicted octanol–water partition coefficient (Wildman–Crippen LogP) is 1.80. The van der Waals surface area contributed by atoms with E-state index in [4.69, 9.17) is 0 Å². The van der Waals surface area contributed by atoms with Crippen molar-refractivity contribution < 1.29 is 5.11 Å². The van der Waals surface area contributed by atoms with E-state index in [1.54, 1.807) is 0 Å². The van der Waals surface area contributed by atoms with Crippen molar-refractivity contribution in [1.29, 1.82) is 0 Å². The summed E-state index contributed by atoms with van der Waals surface area (Å²) in [5.41, 5.74) is 0. The lowest BCUT2D eigenvalue weighted by atomic mass is 9.72. The molecule has 3 fully saturated rings. The highest BCUT2D eigenvalue weighted by Gasteiger charge is 2.49. The van der Waals surface area contributed by atoms with Gasteiger partial charge in [0.2, 0.25) is 0 Å². The predicted molar refractivity (Wildman–Crippen MR) is 43.1 cm³/mol. The van der Waals surface area contributed by atoms with Gasteiger partial charge in [-0.3, -0.25) is 0 Å². The average Bonchev–Trinajstić information content (AvgIpc) is 2.14. The van der Waals surface area contributed by atoms with E-state index in [-0.39, 0.29) is 6.10 Å². The van der Waals surface area contributed by atoms with Gasteiger partial charge in [-0.1, -0.05) is 6.42 Å². The fraction of sp³-hybridized carbons (Fsp3) is 1.00. The molecule has 3 saturated carbocycles. The standard InChI is InChI=1S/C10H16O/c11-10-8-4-6-1-2-9(10)7(3-6)5-8/h6-11H,1-5H2. The summed E-state index contributed by atoms with van der Waals surface area (Å²) in [6.07, 6.45) is 6.96. The Labute approximate surface area is 67.8 Å². The molecule has 1 heteroatoms. The Morgan fingerprint density at radius 1 is 0.909 bits per heavy atom. The lowest BCUT2D eigenvalue weighted by Crippen LogP contribution is -2.23. The summed E-state index contributed by atoms with van der Waals surface area (Å²) in [6.45, 7) is 0. The number of hydrogen-bond donors (Lipinski definition) is 1. The highest BCUT2D eigenvalue weighted by atomic mass is 16.3. The number of fused-ring (bicyclic) bond motifs is 2. The van der Waals surface area contributed by atoms with Gasteiger partial charge in [0, 0.05) is 0 Å². The van der Waals surface area contributed by atoms with Crippen molar-refractivity contribution in [2.24, 2.45) is 23.7 Å². The van der Waals surface area contributed by atoms with Crippen molar-refractivity contribution in [2.45, 2.75) is 38.2 Å². The highest BCUT2D eigenvalue weighted by molar-refractivity contribution is 4.99. The summed E-state index contributed by atoms with van der Waals surface area (Å²) in [5.74, 6) is 3.32. The van der Waals surface area contributed by atoms with Crippen molar-refractivity contribution in [3.63, 3.8) is 0 Å². The molecule has 1 nitrogen and oxygen atoms in total. The van der Waals surface area contributed by atoms with Gasteiger partial charge in [0.1, 0.15) is 0 Å². The Bertz CT molecular complexity index is 174. The van der Waals surface area contributed by atoms with Crippen LogP contribution in [-0.4, -0.2) is 11.2 Å². The molecule has 5 unspecified atom stereocenters. The van der Waals surface area contributed by atoms with Crippen molar-refractivity contribution >= 4 is 0 Å². The molecule has 0 spiro atoms. The molecule has 0 aromatic carbocycles. The molecule has 1 N–H and O–H groups in total. The van der Waals surface area contributed by atoms with Gasteiger partial charge in [0.05, 0.1) is 6.10 Å². The molecule has 0 radical (unpaired) electrons. The fourth-order valence-electron chi connectivity index (χ4n) is 3.86. The molecule has 0 amide bonds. The smallest absolute Gasteiger partial charge is 0.0599 e. The minimum atomic E-state index is 0.0903. The Morgan fingerprint density at radius 2 is 1.73 bits per heavy atom. The maximum absolute atomic E-state index is 9.89. The lowest BCUT2D eigenvalue weighted by molar-refractivity contribution is 0.0877. The Morgan fingerprint density at radius 3 is 2.64 bits per heavy atom. The summed E-state index contributed by atoms with van der Waals surface area (Å²) in [4.78, 5) is 0. The number of rotatable bonds is 0. The van der Waals surface area contributed by atoms with Crippen LogP contribution in [0.25, 0.3) is 0 Å². The molecule has 0 aromatic rings. The zero-order chi connectivity index (χ0) is 7.42. The monoisotopic (exact) mass is 152 g/mol. The zero-order valence-electron chi connectivity index (χ0n) is 6.87. The summed E-state index contributed by atoms with van der Waals surface area (Å²) in [6, 6.07) is 0. The van der Waals surface area contributed by atoms with E-state index in [2.05, 4.69) is 0 Å². The van der Waals surface area contributed by atoms with Crippen LogP contribution in [0.1, 0.15) is 32.1 Å². The van der Waals surface area contributed by atoms with Crippen molar-refractivity contribution in [3.05, 3.63) is 0 Å². The normalized spacial score (nSPS) is 60.3. The van der Waals surface area contributed by atoms with Crippen LogP contribution >= 0.6 is 0 Å². The van der Waals surface area contributed by atoms with Gasteiger partial charge in [0.25, 0.3) is 0 Å². The van der Waals surface area contributed by atoms with Gasteiger partial charge in [-0.15, -0.1) is 0 Å². The molecule has 0 heterocycles. The lowest BCUT2D eigenvalue weighted by Gasteiger charge is -2.33. The molecule has 3 rings (SSSR count). The first-order valence-electron chi connectivity index (χ1n) is 5.02. The number of hydrogen-bond acceptors (Lipinski definition) is 1. The van der Waals surface area contributed by atoms with Gasteiger partial charge in [-0.2, -0.15) is 0 Å². The second-order valence-electron chi connectivity index (χ2n) is 4.83. The van der Waals surface area contributed by atoms with Gasteiger partial charge >= 0.3 is 0 Å². The summed E-state index contributed by atoms with van der Waals surface area (Å²) >= 11 is 0. The van der Waals surface area contributed by atoms with Crippen molar-refractivity contribution in [3.8, 4) is 0 Å². The average molecular weight is 152 g/mol. The van der Waals surface area contributed by atoms with Crippen LogP contribution in [0.5, 0.6) is 0 Å². The molecule has 3 aliphatic carbocycles. The van der Waals surface area contributed by atoms with Gasteiger partial charge < -0.3 is 5.11 Å². The second kappa shape index (κ2) is 2.01. The quantitative estimate of drug-likeness (QED) is 0.561. The summed E-state index contributed by atoms with van der Waals surface area (Å²) < 4.78 is 0. The van der Waals surface area contributed by atoms with E-state index in [0.29, 0.717) is 11.8 Å². The van der Waals surface area contributed by atoms with Crippen LogP contribution in [0.15, 0.2) is 0 Å². The van der Waals surface area contributed by atoms with E-state index in [0.717, 1.165) is 11.8 Å². The first-order valence-corrected chi connectivity index (χ1v) is 5.02. The van der Waals surface area contributed by atoms with E-state index in [1.165, 1.54) is 32.1 Å². The Hall–Kier alpha value is -0.0400. The molecule has 0 aliphatic heterocycles. The molecule has 0 saturated heterocycles. The van der Waals surface area contributed by atoms with E-state index >= 15 is 0 Å². The van der Waals surface area contributed by atoms with Crippen molar-refractivity contribution in [1.82, 2.24) is 0 Å². The molecule has 3 bridgehead atoms. The summed E-state index contributed by atoms with van der Waals surface area (Å²) in [5, 5.41) is 9.89. The van der Waals surface area contributed by atoms with Gasteiger partial charge in [-0.05, 0) is 49.4 Å². The maximum Gasteiger partial charge on any atom is 0.0599 e. The fourth-order valence-corrected chi connectivity index (χ4v) is 3.86. The molecule has 0 aromatic heterocycles. The van der Waals surface area contributed by atoms with E-state index in [9.17, 15) is 5.11 Å². The van der Waals surface area contributed by atoms with Gasteiger partial charge in [0.15, 0.2) is 0 Å². The number of aliphatic hydroxyl groups excluding tert-OH is 1. The maximum atomic E-state index is 9.89. The minimum Gasteiger partial charge on any atom is -0.393 e. The topological polar surface area (TPSA) is 20.2 Å². The third kappa shape index (κ3) is 0.752. The van der Waals surface area contributed by atoms with Crippen LogP contribution in [0.2, 0.25) is 0 Å². The molecule has 11 heavy (non-hydrogen) atoms. The summed E-state index contributed by atoms with van der Waals surface area (Å²) in [7, 11) is 0. The van der Waals surface area contributed by atoms with Gasteiger partial charge in [-0.25, -0.2) is 0 Å². The number of aliphatic hydroxyl groups is 1. The van der Waals surface area contributed by atoms with Crippen LogP contribution in [0.4, 0.5) is 0 Å². The Balaban J connectivity index is 1.96. The van der Waals surface area contributed by atoms with E-state index < -0.39 is 0 Å². The van der Waals surface area contributed by atoms with Crippen LogP contribution in [0.3, 0.4) is 0 Å². The minimum absolute atomic E-state index is 0.0903. The van der Waals surface area contributed by atoms with E-state index in [1.807, 2.05) is 0 Å². The highest BCUT2D eigenvalue weighted by Crippen LogP contribution is 2.54.